The Hall–Kier alpha value is -1.14. The van der Waals surface area contributed by atoms with Gasteiger partial charge in [-0.3, -0.25) is 14.5 Å². The van der Waals surface area contributed by atoms with Crippen LogP contribution in [0.25, 0.3) is 0 Å². The summed E-state index contributed by atoms with van der Waals surface area (Å²) in [4.78, 5) is 27.6. The van der Waals surface area contributed by atoms with Crippen LogP contribution in [0, 0.1) is 5.92 Å². The van der Waals surface area contributed by atoms with Crippen molar-refractivity contribution in [3.63, 3.8) is 0 Å². The molecule has 26 heavy (non-hydrogen) atoms. The van der Waals surface area contributed by atoms with Crippen LogP contribution >= 0.6 is 0 Å². The first kappa shape index (κ1) is 21.2. The van der Waals surface area contributed by atoms with E-state index >= 15 is 0 Å². The number of rotatable bonds is 8. The average molecular weight is 370 g/mol. The maximum Gasteiger partial charge on any atom is 0.327 e. The standard InChI is InChI=1S/C20H35NO5/c1-6-7-12-25-13-9-16-15(17(22)24-5)14-20(10-8-11-21(16)20)18(23)26-19(2,3)4/h15-16H,6-14H2,1-5H3/t15-,16-,20+/m0/s1. The molecule has 0 N–H and O–H groups in total. The number of hydrogen-bond donors (Lipinski definition) is 0. The summed E-state index contributed by atoms with van der Waals surface area (Å²) in [5.41, 5.74) is -1.23. The van der Waals surface area contributed by atoms with Crippen LogP contribution in [0.3, 0.4) is 0 Å². The predicted molar refractivity (Wildman–Crippen MR) is 98.8 cm³/mol. The quantitative estimate of drug-likeness (QED) is 0.484. The van der Waals surface area contributed by atoms with Gasteiger partial charge in [-0.25, -0.2) is 0 Å². The van der Waals surface area contributed by atoms with Gasteiger partial charge >= 0.3 is 11.9 Å². The maximum atomic E-state index is 13.0. The summed E-state index contributed by atoms with van der Waals surface area (Å²) in [6.45, 7) is 9.92. The normalized spacial score (nSPS) is 28.8. The van der Waals surface area contributed by atoms with Gasteiger partial charge in [0.25, 0.3) is 0 Å². The van der Waals surface area contributed by atoms with Gasteiger partial charge in [0, 0.05) is 19.3 Å². The average Bonchev–Trinajstić information content (AvgIpc) is 3.11. The molecule has 0 aromatic rings. The molecule has 0 amide bonds. The van der Waals surface area contributed by atoms with Gasteiger partial charge in [0.05, 0.1) is 13.0 Å². The Morgan fingerprint density at radius 1 is 1.23 bits per heavy atom. The van der Waals surface area contributed by atoms with Gasteiger partial charge in [-0.15, -0.1) is 0 Å². The lowest BCUT2D eigenvalue weighted by Crippen LogP contribution is -2.51. The van der Waals surface area contributed by atoms with Gasteiger partial charge in [-0.1, -0.05) is 13.3 Å². The van der Waals surface area contributed by atoms with Crippen molar-refractivity contribution in [3.8, 4) is 0 Å². The van der Waals surface area contributed by atoms with Gasteiger partial charge in [0.1, 0.15) is 11.1 Å². The molecule has 2 aliphatic rings. The van der Waals surface area contributed by atoms with E-state index in [0.717, 1.165) is 45.3 Å². The fourth-order valence-electron chi connectivity index (χ4n) is 4.30. The first-order chi connectivity index (χ1) is 12.2. The number of fused-ring (bicyclic) bond motifs is 1. The number of esters is 2. The zero-order valence-electron chi connectivity index (χ0n) is 17.0. The highest BCUT2D eigenvalue weighted by molar-refractivity contribution is 5.85. The predicted octanol–water partition coefficient (Wildman–Crippen LogP) is 2.93. The molecule has 2 saturated heterocycles. The molecule has 6 nitrogen and oxygen atoms in total. The number of carbonyl (C=O) groups is 2. The van der Waals surface area contributed by atoms with Crippen molar-refractivity contribution in [3.05, 3.63) is 0 Å². The summed E-state index contributed by atoms with van der Waals surface area (Å²) < 4.78 is 16.5. The Bertz CT molecular complexity index is 501. The van der Waals surface area contributed by atoms with E-state index in [4.69, 9.17) is 14.2 Å². The Morgan fingerprint density at radius 2 is 1.96 bits per heavy atom. The molecule has 0 aliphatic carbocycles. The summed E-state index contributed by atoms with van der Waals surface area (Å²) in [6.07, 6.45) is 5.03. The molecule has 6 heteroatoms. The Kier molecular flexibility index (Phi) is 7.08. The lowest BCUT2D eigenvalue weighted by Gasteiger charge is -2.35. The van der Waals surface area contributed by atoms with Gasteiger partial charge in [-0.05, 0) is 59.4 Å². The highest BCUT2D eigenvalue weighted by Gasteiger charge is 2.61. The van der Waals surface area contributed by atoms with Gasteiger partial charge in [-0.2, -0.15) is 0 Å². The number of carbonyl (C=O) groups excluding carboxylic acids is 2. The van der Waals surface area contributed by atoms with E-state index in [1.165, 1.54) is 7.11 Å². The minimum absolute atomic E-state index is 0.0286. The molecule has 0 bridgehead atoms. The van der Waals surface area contributed by atoms with Crippen molar-refractivity contribution in [2.45, 2.75) is 83.4 Å². The summed E-state index contributed by atoms with van der Waals surface area (Å²) in [7, 11) is 1.42. The SMILES string of the molecule is CCCCOCC[C@H]1[C@@H](C(=O)OC)C[C@@]2(C(=O)OC(C)(C)C)CCCN12. The number of methoxy groups -OCH3 is 1. The Labute approximate surface area is 157 Å². The molecular formula is C20H35NO5. The molecule has 0 aromatic carbocycles. The number of hydrogen-bond acceptors (Lipinski definition) is 6. The van der Waals surface area contributed by atoms with E-state index < -0.39 is 11.1 Å². The van der Waals surface area contributed by atoms with Crippen LogP contribution in [0.2, 0.25) is 0 Å². The van der Waals surface area contributed by atoms with Crippen molar-refractivity contribution in [1.29, 1.82) is 0 Å². The summed E-state index contributed by atoms with van der Waals surface area (Å²) in [6, 6.07) is -0.0286. The van der Waals surface area contributed by atoms with Crippen molar-refractivity contribution < 1.29 is 23.8 Å². The van der Waals surface area contributed by atoms with Gasteiger partial charge in [0.2, 0.25) is 0 Å². The molecule has 2 heterocycles. The molecule has 0 radical (unpaired) electrons. The summed E-state index contributed by atoms with van der Waals surface area (Å²) in [5.74, 6) is -0.741. The molecule has 0 saturated carbocycles. The molecule has 3 atom stereocenters. The summed E-state index contributed by atoms with van der Waals surface area (Å²) >= 11 is 0. The third-order valence-corrected chi connectivity index (χ3v) is 5.44. The van der Waals surface area contributed by atoms with Crippen LogP contribution in [0.15, 0.2) is 0 Å². The van der Waals surface area contributed by atoms with E-state index in [2.05, 4.69) is 11.8 Å². The third-order valence-electron chi connectivity index (χ3n) is 5.44. The van der Waals surface area contributed by atoms with Crippen LogP contribution < -0.4 is 0 Å². The topological polar surface area (TPSA) is 65.1 Å². The van der Waals surface area contributed by atoms with Crippen LogP contribution in [0.1, 0.15) is 66.2 Å². The van der Waals surface area contributed by atoms with Crippen LogP contribution in [-0.2, 0) is 23.8 Å². The summed E-state index contributed by atoms with van der Waals surface area (Å²) in [5, 5.41) is 0. The zero-order valence-corrected chi connectivity index (χ0v) is 17.0. The van der Waals surface area contributed by atoms with Crippen LogP contribution in [0.5, 0.6) is 0 Å². The lowest BCUT2D eigenvalue weighted by atomic mass is 9.88. The van der Waals surface area contributed by atoms with Crippen LogP contribution in [-0.4, -0.2) is 60.9 Å². The minimum atomic E-state index is -0.694. The lowest BCUT2D eigenvalue weighted by molar-refractivity contribution is -0.167. The van der Waals surface area contributed by atoms with Crippen molar-refractivity contribution in [1.82, 2.24) is 4.90 Å². The third kappa shape index (κ3) is 4.58. The molecule has 0 spiro atoms. The Balaban J connectivity index is 2.14. The highest BCUT2D eigenvalue weighted by atomic mass is 16.6. The van der Waals surface area contributed by atoms with Gasteiger partial charge < -0.3 is 14.2 Å². The number of nitrogens with zero attached hydrogens (tertiary/aromatic N) is 1. The van der Waals surface area contributed by atoms with E-state index in [9.17, 15) is 9.59 Å². The van der Waals surface area contributed by atoms with Crippen molar-refractivity contribution >= 4 is 11.9 Å². The largest absolute Gasteiger partial charge is 0.469 e. The molecule has 2 fully saturated rings. The second kappa shape index (κ2) is 8.70. The molecule has 0 unspecified atom stereocenters. The second-order valence-electron chi connectivity index (χ2n) is 8.49. The van der Waals surface area contributed by atoms with Crippen molar-refractivity contribution in [2.24, 2.45) is 5.92 Å². The molecule has 150 valence electrons. The fraction of sp³-hybridized carbons (Fsp3) is 0.900. The van der Waals surface area contributed by atoms with E-state index in [1.54, 1.807) is 0 Å². The smallest absolute Gasteiger partial charge is 0.327 e. The van der Waals surface area contributed by atoms with Gasteiger partial charge in [0.15, 0.2) is 0 Å². The monoisotopic (exact) mass is 369 g/mol. The second-order valence-corrected chi connectivity index (χ2v) is 8.49. The first-order valence-corrected chi connectivity index (χ1v) is 9.91. The molecule has 2 rings (SSSR count). The molecular weight excluding hydrogens is 334 g/mol. The molecule has 2 aliphatic heterocycles. The number of unbranched alkanes of at least 4 members (excludes halogenated alkanes) is 1. The highest BCUT2D eigenvalue weighted by Crippen LogP contribution is 2.48. The van der Waals surface area contributed by atoms with Crippen molar-refractivity contribution in [2.75, 3.05) is 26.9 Å². The maximum absolute atomic E-state index is 13.0. The van der Waals surface area contributed by atoms with E-state index in [1.807, 2.05) is 20.8 Å². The Morgan fingerprint density at radius 3 is 2.58 bits per heavy atom. The van der Waals surface area contributed by atoms with E-state index in [0.29, 0.717) is 13.0 Å². The molecule has 0 aromatic heterocycles. The fourth-order valence-corrected chi connectivity index (χ4v) is 4.30. The minimum Gasteiger partial charge on any atom is -0.469 e. The number of ether oxygens (including phenoxy) is 3. The first-order valence-electron chi connectivity index (χ1n) is 9.91. The van der Waals surface area contributed by atoms with Crippen LogP contribution in [0.4, 0.5) is 0 Å². The van der Waals surface area contributed by atoms with E-state index in [-0.39, 0.29) is 23.9 Å². The zero-order chi connectivity index (χ0) is 19.4.